The number of halogens is 1. The van der Waals surface area contributed by atoms with Crippen LogP contribution in [0, 0.1) is 0 Å². The first-order chi connectivity index (χ1) is 17.0. The van der Waals surface area contributed by atoms with Gasteiger partial charge in [0.05, 0.1) is 22.2 Å². The second-order valence-electron chi connectivity index (χ2n) is 9.65. The Balaban J connectivity index is 1.42. The molecule has 1 atom stereocenters. The van der Waals surface area contributed by atoms with Gasteiger partial charge in [-0.1, -0.05) is 11.6 Å². The van der Waals surface area contributed by atoms with Gasteiger partial charge in [-0.15, -0.1) is 0 Å². The lowest BCUT2D eigenvalue weighted by atomic mass is 10.1. The summed E-state index contributed by atoms with van der Waals surface area (Å²) >= 11 is 6.36. The first kappa shape index (κ1) is 22.4. The molecule has 2 aromatic heterocycles. The van der Waals surface area contributed by atoms with Gasteiger partial charge in [-0.3, -0.25) is 4.79 Å². The normalized spacial score (nSPS) is 19.1. The number of aromatic nitrogens is 3. The summed E-state index contributed by atoms with van der Waals surface area (Å²) in [4.78, 5) is 29.4. The number of piperazine rings is 1. The molecule has 0 bridgehead atoms. The van der Waals surface area contributed by atoms with Gasteiger partial charge in [-0.2, -0.15) is 0 Å². The van der Waals surface area contributed by atoms with Crippen LogP contribution in [0.5, 0.6) is 0 Å². The summed E-state index contributed by atoms with van der Waals surface area (Å²) in [5.41, 5.74) is 4.77. The van der Waals surface area contributed by atoms with Crippen molar-refractivity contribution in [3.63, 3.8) is 0 Å². The van der Waals surface area contributed by atoms with Gasteiger partial charge in [-0.25, -0.2) is 4.98 Å². The first-order valence-corrected chi connectivity index (χ1v) is 12.7. The third-order valence-corrected chi connectivity index (χ3v) is 7.47. The minimum absolute atomic E-state index is 0.181. The van der Waals surface area contributed by atoms with E-state index in [1.165, 1.54) is 12.1 Å². The highest BCUT2D eigenvalue weighted by atomic mass is 35.5. The molecule has 4 aromatic rings. The highest BCUT2D eigenvalue weighted by Crippen LogP contribution is 2.33. The predicted octanol–water partition coefficient (Wildman–Crippen LogP) is 3.64. The molecule has 2 aliphatic heterocycles. The number of fused-ring (bicyclic) bond motifs is 2. The van der Waals surface area contributed by atoms with Crippen LogP contribution in [0.4, 0.5) is 11.4 Å². The molecule has 0 unspecified atom stereocenters. The van der Waals surface area contributed by atoms with Gasteiger partial charge >= 0.3 is 0 Å². The average molecular weight is 492 g/mol. The number of pyridine rings is 1. The van der Waals surface area contributed by atoms with Crippen molar-refractivity contribution < 1.29 is 0 Å². The topological polar surface area (TPSA) is 92.1 Å². The highest BCUT2D eigenvalue weighted by molar-refractivity contribution is 6.31. The fraction of sp³-hybridized carbons (Fsp3) is 0.385. The largest absolute Gasteiger partial charge is 0.382 e. The van der Waals surface area contributed by atoms with E-state index in [4.69, 9.17) is 16.6 Å². The van der Waals surface area contributed by atoms with Gasteiger partial charge in [0.2, 0.25) is 0 Å². The summed E-state index contributed by atoms with van der Waals surface area (Å²) in [5.74, 6) is 0.556. The molecule has 0 radical (unpaired) electrons. The lowest BCUT2D eigenvalue weighted by molar-refractivity contribution is 0.313. The number of hydrogen-bond donors (Lipinski definition) is 4. The van der Waals surface area contributed by atoms with E-state index in [9.17, 15) is 4.79 Å². The Morgan fingerprint density at radius 2 is 1.94 bits per heavy atom. The number of anilines is 2. The monoisotopic (exact) mass is 491 g/mol. The second kappa shape index (κ2) is 9.18. The Labute approximate surface area is 208 Å². The first-order valence-electron chi connectivity index (χ1n) is 12.3. The number of benzene rings is 2. The molecule has 2 fully saturated rings. The fourth-order valence-corrected chi connectivity index (χ4v) is 5.38. The number of rotatable bonds is 5. The van der Waals surface area contributed by atoms with Gasteiger partial charge < -0.3 is 30.4 Å². The molecular weight excluding hydrogens is 462 g/mol. The molecule has 0 aliphatic carbocycles. The molecule has 0 amide bonds. The zero-order chi connectivity index (χ0) is 23.9. The third-order valence-electron chi connectivity index (χ3n) is 7.23. The van der Waals surface area contributed by atoms with Crippen LogP contribution in [0.1, 0.15) is 12.8 Å². The molecule has 4 N–H and O–H groups in total. The molecule has 9 heteroatoms. The van der Waals surface area contributed by atoms with E-state index in [1.54, 1.807) is 6.07 Å². The zero-order valence-electron chi connectivity index (χ0n) is 19.8. The standard InChI is InChI=1S/C26H30ClN7O/c1-33-9-11-34(12-10-33)18-5-7-21-22(14-18)31-25(30-21)23-24(29-15-17-3-2-8-28-17)19-13-16(27)4-6-20(19)32-26(23)35/h4-7,13-14,17,28H,2-3,8-12,15H2,1H3,(H,30,31)(H2,29,32,35)/t17-/m0/s1. The van der Waals surface area contributed by atoms with Crippen molar-refractivity contribution in [3.05, 3.63) is 51.8 Å². The van der Waals surface area contributed by atoms with Gasteiger partial charge in [0.1, 0.15) is 11.4 Å². The Kier molecular flexibility index (Phi) is 5.88. The molecule has 35 heavy (non-hydrogen) atoms. The molecule has 2 saturated heterocycles. The predicted molar refractivity (Wildman–Crippen MR) is 144 cm³/mol. The number of aromatic amines is 2. The van der Waals surface area contributed by atoms with E-state index in [0.717, 1.165) is 73.3 Å². The van der Waals surface area contributed by atoms with Crippen molar-refractivity contribution in [1.29, 1.82) is 0 Å². The number of hydrogen-bond acceptors (Lipinski definition) is 6. The quantitative estimate of drug-likeness (QED) is 0.341. The van der Waals surface area contributed by atoms with Crippen molar-refractivity contribution in [2.75, 3.05) is 56.5 Å². The van der Waals surface area contributed by atoms with Crippen LogP contribution in [0.2, 0.25) is 5.02 Å². The van der Waals surface area contributed by atoms with E-state index in [1.807, 2.05) is 18.2 Å². The highest BCUT2D eigenvalue weighted by Gasteiger charge is 2.21. The molecule has 8 nitrogen and oxygen atoms in total. The number of nitrogens with one attached hydrogen (secondary N) is 4. The van der Waals surface area contributed by atoms with E-state index < -0.39 is 0 Å². The summed E-state index contributed by atoms with van der Waals surface area (Å²) in [5, 5.41) is 8.58. The molecule has 0 spiro atoms. The molecule has 182 valence electrons. The molecule has 2 aromatic carbocycles. The summed E-state index contributed by atoms with van der Waals surface area (Å²) in [6.07, 6.45) is 2.28. The lowest BCUT2D eigenvalue weighted by Gasteiger charge is -2.34. The number of nitrogens with zero attached hydrogens (tertiary/aromatic N) is 3. The minimum Gasteiger partial charge on any atom is -0.382 e. The minimum atomic E-state index is -0.181. The Morgan fingerprint density at radius 3 is 2.74 bits per heavy atom. The Hall–Kier alpha value is -3.07. The maximum absolute atomic E-state index is 13.3. The molecule has 2 aliphatic rings. The van der Waals surface area contributed by atoms with Crippen LogP contribution < -0.4 is 21.1 Å². The van der Waals surface area contributed by atoms with Crippen LogP contribution in [-0.2, 0) is 0 Å². The van der Waals surface area contributed by atoms with Crippen LogP contribution in [0.3, 0.4) is 0 Å². The van der Waals surface area contributed by atoms with E-state index >= 15 is 0 Å². The molecule has 4 heterocycles. The van der Waals surface area contributed by atoms with Crippen molar-refractivity contribution in [2.24, 2.45) is 0 Å². The molecule has 6 rings (SSSR count). The summed E-state index contributed by atoms with van der Waals surface area (Å²) in [6, 6.07) is 12.2. The summed E-state index contributed by atoms with van der Waals surface area (Å²) in [7, 11) is 2.16. The maximum atomic E-state index is 13.3. The average Bonchev–Trinajstić information content (AvgIpc) is 3.52. The van der Waals surface area contributed by atoms with E-state index in [-0.39, 0.29) is 5.56 Å². The third kappa shape index (κ3) is 4.37. The molecular formula is C26H30ClN7O. The summed E-state index contributed by atoms with van der Waals surface area (Å²) in [6.45, 7) is 5.85. The number of imidazole rings is 1. The van der Waals surface area contributed by atoms with Crippen LogP contribution >= 0.6 is 11.6 Å². The van der Waals surface area contributed by atoms with Crippen LogP contribution in [0.25, 0.3) is 33.3 Å². The van der Waals surface area contributed by atoms with Crippen molar-refractivity contribution in [3.8, 4) is 11.4 Å². The zero-order valence-corrected chi connectivity index (χ0v) is 20.6. The van der Waals surface area contributed by atoms with E-state index in [0.29, 0.717) is 22.5 Å². The number of H-pyrrole nitrogens is 2. The Bertz CT molecular complexity index is 1430. The molecule has 0 saturated carbocycles. The Morgan fingerprint density at radius 1 is 1.09 bits per heavy atom. The smallest absolute Gasteiger partial charge is 0.261 e. The van der Waals surface area contributed by atoms with Gasteiger partial charge in [-0.05, 0) is 62.8 Å². The van der Waals surface area contributed by atoms with Gasteiger partial charge in [0.15, 0.2) is 0 Å². The maximum Gasteiger partial charge on any atom is 0.261 e. The second-order valence-corrected chi connectivity index (χ2v) is 10.1. The van der Waals surface area contributed by atoms with Crippen molar-refractivity contribution in [1.82, 2.24) is 25.2 Å². The van der Waals surface area contributed by atoms with E-state index in [2.05, 4.69) is 49.6 Å². The van der Waals surface area contributed by atoms with Crippen LogP contribution in [-0.4, -0.2) is 72.2 Å². The van der Waals surface area contributed by atoms with Crippen molar-refractivity contribution in [2.45, 2.75) is 18.9 Å². The van der Waals surface area contributed by atoms with Crippen LogP contribution in [0.15, 0.2) is 41.2 Å². The van der Waals surface area contributed by atoms with Gasteiger partial charge in [0.25, 0.3) is 5.56 Å². The van der Waals surface area contributed by atoms with Crippen molar-refractivity contribution >= 4 is 44.9 Å². The fourth-order valence-electron chi connectivity index (χ4n) is 5.21. The lowest BCUT2D eigenvalue weighted by Crippen LogP contribution is -2.44. The SMILES string of the molecule is CN1CCN(c2ccc3nc(-c4c(NC[C@@H]5CCCN5)c5cc(Cl)ccc5[nH]c4=O)[nH]c3c2)CC1. The number of likely N-dealkylation sites (N-methyl/N-ethyl adjacent to an activating group) is 1. The summed E-state index contributed by atoms with van der Waals surface area (Å²) < 4.78 is 0. The van der Waals surface area contributed by atoms with Gasteiger partial charge in [0, 0.05) is 54.9 Å².